The van der Waals surface area contributed by atoms with Crippen molar-refractivity contribution in [3.63, 3.8) is 0 Å². The lowest BCUT2D eigenvalue weighted by Gasteiger charge is -2.49. The Morgan fingerprint density at radius 3 is 2.96 bits per heavy atom. The highest BCUT2D eigenvalue weighted by atomic mass is 16.5. The number of imidazole rings is 1. The molecule has 6 heteroatoms. The van der Waals surface area contributed by atoms with Gasteiger partial charge in [0.1, 0.15) is 17.1 Å². The lowest BCUT2D eigenvalue weighted by molar-refractivity contribution is -0.132. The molecule has 1 fully saturated rings. The third-order valence-electron chi connectivity index (χ3n) is 5.14. The molecule has 2 atom stereocenters. The number of carbonyl (C=O) groups is 1. The first-order valence-electron chi connectivity index (χ1n) is 7.75. The summed E-state index contributed by atoms with van der Waals surface area (Å²) in [7, 11) is 0. The molecule has 0 bridgehead atoms. The standard InChI is InChI=1S/C17H18N4O2/c1-10(22)11-8-12(17(11,2)3)16-19-15(20-23-16)13-9-18-14-6-4-5-7-21(13)14/h4-7,9,11-12H,8H2,1-3H3/t11-,12+/m0/s1. The van der Waals surface area contributed by atoms with Crippen LogP contribution in [0.5, 0.6) is 0 Å². The lowest BCUT2D eigenvalue weighted by atomic mass is 9.53. The maximum atomic E-state index is 11.7. The number of Topliss-reactive ketones (excluding diaryl/α,β-unsaturated/α-hetero) is 1. The minimum absolute atomic E-state index is 0.0682. The summed E-state index contributed by atoms with van der Waals surface area (Å²) in [5.74, 6) is 1.55. The zero-order valence-electron chi connectivity index (χ0n) is 13.4. The van der Waals surface area contributed by atoms with Crippen molar-refractivity contribution < 1.29 is 9.32 Å². The van der Waals surface area contributed by atoms with E-state index < -0.39 is 0 Å². The summed E-state index contributed by atoms with van der Waals surface area (Å²) in [6.45, 7) is 5.83. The van der Waals surface area contributed by atoms with Crippen LogP contribution in [0, 0.1) is 11.3 Å². The molecule has 0 amide bonds. The molecule has 0 aliphatic heterocycles. The highest BCUT2D eigenvalue weighted by Crippen LogP contribution is 2.56. The average Bonchev–Trinajstić information content (AvgIpc) is 3.12. The number of hydrogen-bond donors (Lipinski definition) is 0. The second kappa shape index (κ2) is 4.75. The van der Waals surface area contributed by atoms with Gasteiger partial charge >= 0.3 is 0 Å². The van der Waals surface area contributed by atoms with Crippen molar-refractivity contribution in [2.75, 3.05) is 0 Å². The third kappa shape index (κ3) is 2.01. The molecule has 3 aromatic rings. The summed E-state index contributed by atoms with van der Waals surface area (Å²) in [4.78, 5) is 20.6. The first-order valence-corrected chi connectivity index (χ1v) is 7.75. The highest BCUT2D eigenvalue weighted by molar-refractivity contribution is 5.80. The Bertz CT molecular complexity index is 893. The number of aromatic nitrogens is 4. The van der Waals surface area contributed by atoms with Gasteiger partial charge in [0.25, 0.3) is 0 Å². The zero-order chi connectivity index (χ0) is 16.2. The van der Waals surface area contributed by atoms with Crippen LogP contribution in [-0.4, -0.2) is 25.3 Å². The Kier molecular flexibility index (Phi) is 2.91. The minimum atomic E-state index is -0.144. The van der Waals surface area contributed by atoms with Gasteiger partial charge in [0.05, 0.1) is 6.20 Å². The van der Waals surface area contributed by atoms with E-state index in [4.69, 9.17) is 4.52 Å². The van der Waals surface area contributed by atoms with Crippen molar-refractivity contribution in [3.8, 4) is 11.5 Å². The van der Waals surface area contributed by atoms with E-state index in [2.05, 4.69) is 29.0 Å². The van der Waals surface area contributed by atoms with Gasteiger partial charge in [-0.3, -0.25) is 9.20 Å². The van der Waals surface area contributed by atoms with Gasteiger partial charge < -0.3 is 4.52 Å². The van der Waals surface area contributed by atoms with Crippen molar-refractivity contribution in [3.05, 3.63) is 36.5 Å². The van der Waals surface area contributed by atoms with E-state index in [9.17, 15) is 4.79 Å². The fourth-order valence-corrected chi connectivity index (χ4v) is 3.61. The van der Waals surface area contributed by atoms with Crippen molar-refractivity contribution in [2.45, 2.75) is 33.1 Å². The molecule has 3 aromatic heterocycles. The van der Waals surface area contributed by atoms with Crippen LogP contribution in [0.25, 0.3) is 17.2 Å². The predicted molar refractivity (Wildman–Crippen MR) is 83.8 cm³/mol. The van der Waals surface area contributed by atoms with E-state index in [1.807, 2.05) is 28.8 Å². The SMILES string of the molecule is CC(=O)[C@@H]1C[C@H](c2nc(-c3cnc4ccccn34)no2)C1(C)C. The molecule has 0 unspecified atom stereocenters. The zero-order valence-corrected chi connectivity index (χ0v) is 13.4. The normalized spacial score (nSPS) is 22.9. The molecule has 6 nitrogen and oxygen atoms in total. The molecule has 1 aliphatic carbocycles. The van der Waals surface area contributed by atoms with E-state index in [1.54, 1.807) is 13.1 Å². The van der Waals surface area contributed by atoms with Gasteiger partial charge in [-0.15, -0.1) is 0 Å². The summed E-state index contributed by atoms with van der Waals surface area (Å²) in [5.41, 5.74) is 1.50. The Morgan fingerprint density at radius 2 is 2.22 bits per heavy atom. The van der Waals surface area contributed by atoms with Crippen LogP contribution in [0.2, 0.25) is 0 Å². The van der Waals surface area contributed by atoms with E-state index in [0.717, 1.165) is 17.8 Å². The molecule has 4 rings (SSSR count). The number of hydrogen-bond acceptors (Lipinski definition) is 5. The average molecular weight is 310 g/mol. The Hall–Kier alpha value is -2.50. The van der Waals surface area contributed by atoms with E-state index in [1.165, 1.54) is 0 Å². The molecule has 1 saturated carbocycles. The third-order valence-corrected chi connectivity index (χ3v) is 5.14. The fourth-order valence-electron chi connectivity index (χ4n) is 3.61. The van der Waals surface area contributed by atoms with E-state index in [0.29, 0.717) is 11.7 Å². The molecule has 0 aromatic carbocycles. The summed E-state index contributed by atoms with van der Waals surface area (Å²) >= 11 is 0. The van der Waals surface area contributed by atoms with Crippen molar-refractivity contribution in [2.24, 2.45) is 11.3 Å². The second-order valence-electron chi connectivity index (χ2n) is 6.80. The Balaban J connectivity index is 1.67. The van der Waals surface area contributed by atoms with Gasteiger partial charge in [-0.1, -0.05) is 25.1 Å². The summed E-state index contributed by atoms with van der Waals surface area (Å²) in [6.07, 6.45) is 4.44. The smallest absolute Gasteiger partial charge is 0.230 e. The predicted octanol–water partition coefficient (Wildman–Crippen LogP) is 3.10. The number of carbonyl (C=O) groups excluding carboxylic acids is 1. The summed E-state index contributed by atoms with van der Waals surface area (Å²) in [6, 6.07) is 5.80. The van der Waals surface area contributed by atoms with E-state index in [-0.39, 0.29) is 23.0 Å². The number of nitrogens with zero attached hydrogens (tertiary/aromatic N) is 4. The molecule has 1 aliphatic rings. The van der Waals surface area contributed by atoms with Gasteiger partial charge in [0.15, 0.2) is 0 Å². The molecule has 3 heterocycles. The molecular weight excluding hydrogens is 292 g/mol. The number of rotatable bonds is 3. The van der Waals surface area contributed by atoms with Crippen LogP contribution in [-0.2, 0) is 4.79 Å². The molecule has 0 spiro atoms. The van der Waals surface area contributed by atoms with E-state index >= 15 is 0 Å². The van der Waals surface area contributed by atoms with Gasteiger partial charge in [-0.2, -0.15) is 4.98 Å². The molecule has 23 heavy (non-hydrogen) atoms. The topological polar surface area (TPSA) is 73.3 Å². The van der Waals surface area contributed by atoms with Crippen LogP contribution >= 0.6 is 0 Å². The van der Waals surface area contributed by atoms with Gasteiger partial charge in [0, 0.05) is 18.0 Å². The first kappa shape index (κ1) is 14.1. The van der Waals surface area contributed by atoms with Crippen molar-refractivity contribution in [1.29, 1.82) is 0 Å². The summed E-state index contributed by atoms with van der Waals surface area (Å²) < 4.78 is 7.42. The second-order valence-corrected chi connectivity index (χ2v) is 6.80. The largest absolute Gasteiger partial charge is 0.339 e. The monoisotopic (exact) mass is 310 g/mol. The molecule has 118 valence electrons. The van der Waals surface area contributed by atoms with Gasteiger partial charge in [-0.05, 0) is 30.9 Å². The van der Waals surface area contributed by atoms with Crippen LogP contribution in [0.15, 0.2) is 35.1 Å². The Morgan fingerprint density at radius 1 is 1.39 bits per heavy atom. The highest BCUT2D eigenvalue weighted by Gasteiger charge is 2.53. The lowest BCUT2D eigenvalue weighted by Crippen LogP contribution is -2.46. The van der Waals surface area contributed by atoms with Crippen molar-refractivity contribution >= 4 is 11.4 Å². The van der Waals surface area contributed by atoms with Crippen LogP contribution in [0.4, 0.5) is 0 Å². The maximum absolute atomic E-state index is 11.7. The summed E-state index contributed by atoms with van der Waals surface area (Å²) in [5, 5.41) is 4.12. The van der Waals surface area contributed by atoms with Crippen LogP contribution < -0.4 is 0 Å². The minimum Gasteiger partial charge on any atom is -0.339 e. The van der Waals surface area contributed by atoms with Gasteiger partial charge in [0.2, 0.25) is 11.7 Å². The molecule has 0 saturated heterocycles. The Labute approximate surface area is 133 Å². The van der Waals surface area contributed by atoms with Crippen LogP contribution in [0.1, 0.15) is 39.0 Å². The quantitative estimate of drug-likeness (QED) is 0.743. The number of fused-ring (bicyclic) bond motifs is 1. The van der Waals surface area contributed by atoms with Gasteiger partial charge in [-0.25, -0.2) is 4.98 Å². The maximum Gasteiger partial charge on any atom is 0.230 e. The molecule has 0 N–H and O–H groups in total. The van der Waals surface area contributed by atoms with Crippen molar-refractivity contribution in [1.82, 2.24) is 19.5 Å². The molecule has 0 radical (unpaired) electrons. The number of pyridine rings is 1. The molecular formula is C17H18N4O2. The number of ketones is 1. The fraction of sp³-hybridized carbons (Fsp3) is 0.412. The van der Waals surface area contributed by atoms with Crippen LogP contribution in [0.3, 0.4) is 0 Å². The first-order chi connectivity index (χ1) is 11.0.